The van der Waals surface area contributed by atoms with Crippen molar-refractivity contribution in [3.8, 4) is 0 Å². The molecule has 2 aromatic rings. The summed E-state index contributed by atoms with van der Waals surface area (Å²) < 4.78 is 0. The first-order valence-corrected chi connectivity index (χ1v) is 11.9. The van der Waals surface area contributed by atoms with Crippen molar-refractivity contribution in [3.05, 3.63) is 71.8 Å². The van der Waals surface area contributed by atoms with Gasteiger partial charge in [-0.2, -0.15) is 11.8 Å². The lowest BCUT2D eigenvalue weighted by atomic mass is 9.82. The van der Waals surface area contributed by atoms with Crippen molar-refractivity contribution in [2.45, 2.75) is 36.1 Å². The molecule has 1 aliphatic heterocycles. The highest BCUT2D eigenvalue weighted by molar-refractivity contribution is 7.99. The molecule has 1 fully saturated rings. The zero-order valence-corrected chi connectivity index (χ0v) is 19.1. The zero-order chi connectivity index (χ0) is 24.0. The smallest absolute Gasteiger partial charge is 0.334 e. The van der Waals surface area contributed by atoms with Crippen molar-refractivity contribution in [2.75, 3.05) is 12.8 Å². The van der Waals surface area contributed by atoms with Gasteiger partial charge in [-0.1, -0.05) is 48.5 Å². The number of nitrogens with two attached hydrogens (primary N) is 1. The minimum atomic E-state index is -2.02. The SMILES string of the molecule is CSC(CN)C[C@](C(=O)O)(c1ccccc1)N(C(=O)c1ccccc1)C(=O)[C@@H]1CCC(=O)N1. The zero-order valence-electron chi connectivity index (χ0n) is 18.3. The maximum Gasteiger partial charge on any atom is 0.334 e. The largest absolute Gasteiger partial charge is 0.479 e. The fourth-order valence-corrected chi connectivity index (χ4v) is 4.68. The number of nitrogens with zero attached hydrogens (tertiary/aromatic N) is 1. The van der Waals surface area contributed by atoms with Gasteiger partial charge in [0.05, 0.1) is 0 Å². The maximum absolute atomic E-state index is 13.8. The maximum atomic E-state index is 13.8. The minimum absolute atomic E-state index is 0.0883. The topological polar surface area (TPSA) is 130 Å². The highest BCUT2D eigenvalue weighted by atomic mass is 32.2. The van der Waals surface area contributed by atoms with Crippen LogP contribution in [0.2, 0.25) is 0 Å². The number of benzene rings is 2. The quantitative estimate of drug-likeness (QED) is 0.479. The summed E-state index contributed by atoms with van der Waals surface area (Å²) >= 11 is 1.37. The van der Waals surface area contributed by atoms with Crippen LogP contribution in [0.4, 0.5) is 0 Å². The highest BCUT2D eigenvalue weighted by Gasteiger charge is 2.54. The number of amides is 3. The van der Waals surface area contributed by atoms with Crippen LogP contribution in [-0.2, 0) is 19.9 Å². The van der Waals surface area contributed by atoms with Gasteiger partial charge in [0, 0.05) is 23.8 Å². The van der Waals surface area contributed by atoms with E-state index in [0.29, 0.717) is 0 Å². The molecule has 1 heterocycles. The van der Waals surface area contributed by atoms with E-state index in [9.17, 15) is 24.3 Å². The van der Waals surface area contributed by atoms with Crippen LogP contribution in [0, 0.1) is 0 Å². The number of imide groups is 1. The molecule has 1 saturated heterocycles. The third-order valence-electron chi connectivity index (χ3n) is 5.84. The van der Waals surface area contributed by atoms with Gasteiger partial charge in [-0.15, -0.1) is 0 Å². The van der Waals surface area contributed by atoms with Crippen LogP contribution in [0.3, 0.4) is 0 Å². The van der Waals surface area contributed by atoms with E-state index in [2.05, 4.69) is 5.32 Å². The van der Waals surface area contributed by atoms with E-state index in [0.717, 1.165) is 4.90 Å². The molecule has 0 radical (unpaired) electrons. The molecule has 1 unspecified atom stereocenters. The summed E-state index contributed by atoms with van der Waals surface area (Å²) in [6, 6.07) is 15.3. The van der Waals surface area contributed by atoms with Crippen molar-refractivity contribution in [2.24, 2.45) is 5.73 Å². The molecule has 3 atom stereocenters. The van der Waals surface area contributed by atoms with Gasteiger partial charge >= 0.3 is 5.97 Å². The number of nitrogens with one attached hydrogen (secondary N) is 1. The Kier molecular flexibility index (Phi) is 7.88. The van der Waals surface area contributed by atoms with Gasteiger partial charge in [0.2, 0.25) is 5.91 Å². The highest BCUT2D eigenvalue weighted by Crippen LogP contribution is 2.38. The molecule has 1 aliphatic rings. The van der Waals surface area contributed by atoms with E-state index in [-0.39, 0.29) is 48.1 Å². The summed E-state index contributed by atoms with van der Waals surface area (Å²) in [5.74, 6) is -3.16. The standard InChI is InChI=1S/C24H27N3O5S/c1-33-18(15-25)14-24(23(31)32,17-10-6-3-7-11-17)27(21(29)16-8-4-2-5-9-16)22(30)19-12-13-20(28)26-19/h2-11,18-19H,12-15,25H2,1H3,(H,26,28)(H,31,32)/t18?,19-,24+/m0/s1. The van der Waals surface area contributed by atoms with Crippen LogP contribution in [0.5, 0.6) is 0 Å². The van der Waals surface area contributed by atoms with Crippen molar-refractivity contribution < 1.29 is 24.3 Å². The molecule has 0 aromatic heterocycles. The molecule has 3 amide bonds. The molecular formula is C24H27N3O5S. The van der Waals surface area contributed by atoms with E-state index < -0.39 is 29.4 Å². The first-order valence-electron chi connectivity index (χ1n) is 10.6. The number of thioether (sulfide) groups is 1. The van der Waals surface area contributed by atoms with Crippen molar-refractivity contribution in [3.63, 3.8) is 0 Å². The summed E-state index contributed by atoms with van der Waals surface area (Å²) in [5, 5.41) is 12.9. The number of carbonyl (C=O) groups is 4. The fraction of sp³-hybridized carbons (Fsp3) is 0.333. The Morgan fingerprint density at radius 1 is 1.15 bits per heavy atom. The molecule has 3 rings (SSSR count). The van der Waals surface area contributed by atoms with Gasteiger partial charge in [-0.3, -0.25) is 19.3 Å². The van der Waals surface area contributed by atoms with E-state index in [1.807, 2.05) is 0 Å². The summed E-state index contributed by atoms with van der Waals surface area (Å²) in [5.41, 5.74) is 4.35. The number of rotatable bonds is 9. The molecule has 0 bridgehead atoms. The molecule has 0 aliphatic carbocycles. The number of carboxylic acid groups (broad SMARTS) is 1. The molecule has 8 nitrogen and oxygen atoms in total. The Morgan fingerprint density at radius 2 is 1.76 bits per heavy atom. The summed E-state index contributed by atoms with van der Waals surface area (Å²) in [4.78, 5) is 53.3. The van der Waals surface area contributed by atoms with Crippen molar-refractivity contribution in [1.82, 2.24) is 10.2 Å². The molecule has 2 aromatic carbocycles. The average Bonchev–Trinajstić information content (AvgIpc) is 3.28. The molecule has 0 saturated carbocycles. The second kappa shape index (κ2) is 10.6. The van der Waals surface area contributed by atoms with Gasteiger partial charge in [-0.25, -0.2) is 4.79 Å². The Balaban J connectivity index is 2.25. The van der Waals surface area contributed by atoms with E-state index in [4.69, 9.17) is 5.73 Å². The lowest BCUT2D eigenvalue weighted by molar-refractivity contribution is -0.158. The van der Waals surface area contributed by atoms with Gasteiger partial charge in [-0.05, 0) is 36.8 Å². The molecule has 4 N–H and O–H groups in total. The van der Waals surface area contributed by atoms with Crippen LogP contribution < -0.4 is 11.1 Å². The third-order valence-corrected chi connectivity index (χ3v) is 6.87. The summed E-state index contributed by atoms with van der Waals surface area (Å²) in [6.45, 7) is 0.157. The number of carbonyl (C=O) groups excluding carboxylic acids is 3. The number of hydrogen-bond donors (Lipinski definition) is 3. The first-order chi connectivity index (χ1) is 15.8. The predicted octanol–water partition coefficient (Wildman–Crippen LogP) is 1.99. The van der Waals surface area contributed by atoms with Crippen LogP contribution in [-0.4, -0.2) is 57.8 Å². The number of aliphatic carboxylic acids is 1. The lowest BCUT2D eigenvalue weighted by Crippen LogP contribution is -2.62. The van der Waals surface area contributed by atoms with E-state index in [1.165, 1.54) is 23.9 Å². The number of carboxylic acids is 1. The van der Waals surface area contributed by atoms with Crippen LogP contribution in [0.1, 0.15) is 35.2 Å². The second-order valence-electron chi connectivity index (χ2n) is 7.83. The normalized spacial score (nSPS) is 18.1. The average molecular weight is 470 g/mol. The monoisotopic (exact) mass is 469 g/mol. The third kappa shape index (κ3) is 4.94. The van der Waals surface area contributed by atoms with Crippen LogP contribution in [0.15, 0.2) is 60.7 Å². The van der Waals surface area contributed by atoms with E-state index >= 15 is 0 Å². The molecule has 33 heavy (non-hydrogen) atoms. The molecule has 9 heteroatoms. The van der Waals surface area contributed by atoms with Gasteiger partial charge in [0.25, 0.3) is 11.8 Å². The minimum Gasteiger partial charge on any atom is -0.479 e. The Morgan fingerprint density at radius 3 is 2.24 bits per heavy atom. The van der Waals surface area contributed by atoms with Gasteiger partial charge < -0.3 is 16.2 Å². The molecule has 174 valence electrons. The van der Waals surface area contributed by atoms with Crippen molar-refractivity contribution in [1.29, 1.82) is 0 Å². The Hall–Kier alpha value is -3.17. The first kappa shape index (κ1) is 24.5. The molecular weight excluding hydrogens is 442 g/mol. The Labute approximate surface area is 196 Å². The molecule has 0 spiro atoms. The lowest BCUT2D eigenvalue weighted by Gasteiger charge is -2.42. The second-order valence-corrected chi connectivity index (χ2v) is 8.97. The summed E-state index contributed by atoms with van der Waals surface area (Å²) in [6.07, 6.45) is 2.03. The summed E-state index contributed by atoms with van der Waals surface area (Å²) in [7, 11) is 0. The van der Waals surface area contributed by atoms with Crippen LogP contribution >= 0.6 is 11.8 Å². The van der Waals surface area contributed by atoms with Gasteiger partial charge in [0.1, 0.15) is 6.04 Å². The number of hydrogen-bond acceptors (Lipinski definition) is 6. The predicted molar refractivity (Wildman–Crippen MR) is 126 cm³/mol. The Bertz CT molecular complexity index is 1010. The fourth-order valence-electron chi connectivity index (χ4n) is 4.08. The van der Waals surface area contributed by atoms with Crippen LogP contribution in [0.25, 0.3) is 0 Å². The van der Waals surface area contributed by atoms with Gasteiger partial charge in [0.15, 0.2) is 5.54 Å². The van der Waals surface area contributed by atoms with E-state index in [1.54, 1.807) is 54.8 Å². The van der Waals surface area contributed by atoms with Crippen molar-refractivity contribution >= 4 is 35.5 Å².